The molecule has 7 nitrogen and oxygen atoms in total. The molecule has 1 aromatic carbocycles. The summed E-state index contributed by atoms with van der Waals surface area (Å²) in [4.78, 5) is 31.5. The monoisotopic (exact) mass is 397 g/mol. The lowest BCUT2D eigenvalue weighted by molar-refractivity contribution is 0.0931. The molecule has 3 rings (SSSR count). The largest absolute Gasteiger partial charge is 0.343 e. The predicted octanol–water partition coefficient (Wildman–Crippen LogP) is 2.95. The van der Waals surface area contributed by atoms with E-state index >= 15 is 0 Å². The minimum Gasteiger partial charge on any atom is -0.343 e. The Bertz CT molecular complexity index is 1060. The van der Waals surface area contributed by atoms with Gasteiger partial charge in [-0.25, -0.2) is 9.37 Å². The van der Waals surface area contributed by atoms with Crippen LogP contribution in [-0.2, 0) is 11.8 Å². The van der Waals surface area contributed by atoms with Crippen LogP contribution < -0.4 is 10.9 Å². The van der Waals surface area contributed by atoms with Gasteiger partial charge >= 0.3 is 0 Å². The first-order valence-corrected chi connectivity index (χ1v) is 9.31. The number of benzene rings is 1. The van der Waals surface area contributed by atoms with Crippen LogP contribution in [0.5, 0.6) is 0 Å². The molecule has 0 bridgehead atoms. The summed E-state index contributed by atoms with van der Waals surface area (Å²) in [6.07, 6.45) is 0.276. The maximum Gasteiger partial charge on any atom is 0.272 e. The van der Waals surface area contributed by atoms with E-state index in [2.05, 4.69) is 25.5 Å². The number of aromatic nitrogens is 4. The quantitative estimate of drug-likeness (QED) is 0.616. The second-order valence-electron chi connectivity index (χ2n) is 8.02. The summed E-state index contributed by atoms with van der Waals surface area (Å²) in [6.45, 7) is 7.74. The molecule has 0 unspecified atom stereocenters. The zero-order valence-electron chi connectivity index (χ0n) is 16.8. The summed E-state index contributed by atoms with van der Waals surface area (Å²) in [7, 11) is 0. The van der Waals surface area contributed by atoms with E-state index in [1.807, 2.05) is 20.8 Å². The Morgan fingerprint density at radius 3 is 2.48 bits per heavy atom. The smallest absolute Gasteiger partial charge is 0.272 e. The van der Waals surface area contributed by atoms with Crippen LogP contribution >= 0.6 is 0 Å². The molecule has 0 aliphatic rings. The van der Waals surface area contributed by atoms with Crippen molar-refractivity contribution in [1.29, 1.82) is 0 Å². The van der Waals surface area contributed by atoms with Gasteiger partial charge in [-0.05, 0) is 30.7 Å². The lowest BCUT2D eigenvalue weighted by Gasteiger charge is -2.19. The third-order valence-electron chi connectivity index (χ3n) is 4.52. The van der Waals surface area contributed by atoms with Crippen molar-refractivity contribution in [1.82, 2.24) is 25.5 Å². The Morgan fingerprint density at radius 2 is 1.90 bits per heavy atom. The summed E-state index contributed by atoms with van der Waals surface area (Å²) >= 11 is 0. The topological polar surface area (TPSA) is 104 Å². The van der Waals surface area contributed by atoms with Gasteiger partial charge in [-0.1, -0.05) is 32.9 Å². The molecule has 0 radical (unpaired) electrons. The van der Waals surface area contributed by atoms with Crippen LogP contribution in [0.4, 0.5) is 4.39 Å². The Labute approximate surface area is 167 Å². The summed E-state index contributed by atoms with van der Waals surface area (Å²) in [5.74, 6) is -0.252. The molecule has 3 N–H and O–H groups in total. The second kappa shape index (κ2) is 7.98. The highest BCUT2D eigenvalue weighted by atomic mass is 19.1. The van der Waals surface area contributed by atoms with Crippen molar-refractivity contribution in [3.05, 3.63) is 81.0 Å². The number of carbonyl (C=O) groups is 1. The van der Waals surface area contributed by atoms with Gasteiger partial charge in [0.15, 0.2) is 0 Å². The number of carbonyl (C=O) groups excluding carboxylic acids is 1. The van der Waals surface area contributed by atoms with Crippen molar-refractivity contribution < 1.29 is 9.18 Å². The molecule has 0 aliphatic heterocycles. The fourth-order valence-electron chi connectivity index (χ4n) is 2.96. The van der Waals surface area contributed by atoms with Crippen molar-refractivity contribution in [2.45, 2.75) is 45.6 Å². The Balaban J connectivity index is 1.88. The van der Waals surface area contributed by atoms with Gasteiger partial charge in [-0.15, -0.1) is 0 Å². The molecule has 152 valence electrons. The molecule has 1 atom stereocenters. The fourth-order valence-corrected chi connectivity index (χ4v) is 2.96. The van der Waals surface area contributed by atoms with Gasteiger partial charge in [0, 0.05) is 23.6 Å². The van der Waals surface area contributed by atoms with E-state index in [9.17, 15) is 14.0 Å². The molecule has 0 fully saturated rings. The fraction of sp³-hybridized carbons (Fsp3) is 0.333. The maximum absolute atomic E-state index is 13.4. The van der Waals surface area contributed by atoms with E-state index < -0.39 is 6.04 Å². The van der Waals surface area contributed by atoms with Crippen LogP contribution in [-0.4, -0.2) is 26.1 Å². The zero-order chi connectivity index (χ0) is 21.2. The molecule has 0 saturated heterocycles. The molecule has 0 saturated carbocycles. The number of amides is 1. The summed E-state index contributed by atoms with van der Waals surface area (Å²) < 4.78 is 13.4. The zero-order valence-corrected chi connectivity index (χ0v) is 16.8. The van der Waals surface area contributed by atoms with Gasteiger partial charge in [0.2, 0.25) is 0 Å². The molecular weight excluding hydrogens is 373 g/mol. The first kappa shape index (κ1) is 20.4. The molecule has 1 amide bonds. The number of nitrogens with one attached hydrogen (secondary N) is 3. The van der Waals surface area contributed by atoms with Gasteiger partial charge < -0.3 is 10.3 Å². The van der Waals surface area contributed by atoms with E-state index in [0.717, 1.165) is 5.69 Å². The SMILES string of the molecule is Cc1nc(C[C@H](NC(=O)c2cc(C(C)(C)C)[nH]n2)c2ccc(F)cc2)cc(=O)[nH]1. The third-order valence-corrected chi connectivity index (χ3v) is 4.52. The molecule has 8 heteroatoms. The van der Waals surface area contributed by atoms with Crippen LogP contribution in [0.1, 0.15) is 60.1 Å². The van der Waals surface area contributed by atoms with Crippen LogP contribution in [0.15, 0.2) is 41.2 Å². The number of aryl methyl sites for hydroxylation is 1. The number of hydrogen-bond donors (Lipinski definition) is 3. The summed E-state index contributed by atoms with van der Waals surface area (Å²) in [6, 6.07) is 8.46. The number of halogens is 1. The Hall–Kier alpha value is -3.29. The maximum atomic E-state index is 13.4. The lowest BCUT2D eigenvalue weighted by Crippen LogP contribution is -2.31. The third kappa shape index (κ3) is 5.16. The molecule has 29 heavy (non-hydrogen) atoms. The number of rotatable bonds is 5. The van der Waals surface area contributed by atoms with Crippen LogP contribution in [0.2, 0.25) is 0 Å². The molecule has 3 aromatic rings. The van der Waals surface area contributed by atoms with Gasteiger partial charge in [0.1, 0.15) is 17.3 Å². The number of hydrogen-bond acceptors (Lipinski definition) is 4. The highest BCUT2D eigenvalue weighted by molar-refractivity contribution is 5.92. The first-order valence-electron chi connectivity index (χ1n) is 9.31. The average molecular weight is 397 g/mol. The summed E-state index contributed by atoms with van der Waals surface area (Å²) in [5.41, 5.74) is 1.89. The summed E-state index contributed by atoms with van der Waals surface area (Å²) in [5, 5.41) is 9.93. The van der Waals surface area contributed by atoms with Crippen molar-refractivity contribution >= 4 is 5.91 Å². The van der Waals surface area contributed by atoms with Gasteiger partial charge in [-0.2, -0.15) is 5.10 Å². The highest BCUT2D eigenvalue weighted by Crippen LogP contribution is 2.22. The van der Waals surface area contributed by atoms with E-state index in [-0.39, 0.29) is 34.8 Å². The molecule has 0 spiro atoms. The molecule has 2 heterocycles. The van der Waals surface area contributed by atoms with E-state index in [1.165, 1.54) is 18.2 Å². The number of nitrogens with zero attached hydrogens (tertiary/aromatic N) is 2. The molecular formula is C21H24FN5O2. The van der Waals surface area contributed by atoms with Gasteiger partial charge in [0.25, 0.3) is 11.5 Å². The molecule has 0 aliphatic carbocycles. The minimum absolute atomic E-state index is 0.172. The normalized spacial score (nSPS) is 12.6. The van der Waals surface area contributed by atoms with E-state index in [1.54, 1.807) is 25.1 Å². The van der Waals surface area contributed by atoms with E-state index in [0.29, 0.717) is 17.1 Å². The average Bonchev–Trinajstić information content (AvgIpc) is 3.11. The van der Waals surface area contributed by atoms with Crippen molar-refractivity contribution in [3.8, 4) is 0 Å². The van der Waals surface area contributed by atoms with Crippen LogP contribution in [0.25, 0.3) is 0 Å². The van der Waals surface area contributed by atoms with Crippen molar-refractivity contribution in [2.24, 2.45) is 0 Å². The molecule has 2 aromatic heterocycles. The standard InChI is InChI=1S/C21H24FN5O2/c1-12-23-15(10-19(28)24-12)9-16(13-5-7-14(22)8-6-13)25-20(29)17-11-18(27-26-17)21(2,3)4/h5-8,10-11,16H,9H2,1-4H3,(H,25,29)(H,26,27)(H,23,24,28)/t16-/m0/s1. The van der Waals surface area contributed by atoms with Crippen molar-refractivity contribution in [3.63, 3.8) is 0 Å². The van der Waals surface area contributed by atoms with Crippen LogP contribution in [0, 0.1) is 12.7 Å². The van der Waals surface area contributed by atoms with E-state index in [4.69, 9.17) is 0 Å². The predicted molar refractivity (Wildman–Crippen MR) is 107 cm³/mol. The number of aromatic amines is 2. The van der Waals surface area contributed by atoms with Crippen LogP contribution in [0.3, 0.4) is 0 Å². The second-order valence-corrected chi connectivity index (χ2v) is 8.02. The first-order chi connectivity index (χ1) is 13.6. The lowest BCUT2D eigenvalue weighted by atomic mass is 9.92. The number of H-pyrrole nitrogens is 2. The Morgan fingerprint density at radius 1 is 1.21 bits per heavy atom. The van der Waals surface area contributed by atoms with Crippen molar-refractivity contribution in [2.75, 3.05) is 0 Å². The van der Waals surface area contributed by atoms with Gasteiger partial charge in [0.05, 0.1) is 11.7 Å². The minimum atomic E-state index is -0.508. The Kier molecular flexibility index (Phi) is 5.63. The van der Waals surface area contributed by atoms with Gasteiger partial charge in [-0.3, -0.25) is 14.7 Å². The highest BCUT2D eigenvalue weighted by Gasteiger charge is 2.22.